The van der Waals surface area contributed by atoms with Crippen LogP contribution in [0, 0.1) is 0 Å². The first-order chi connectivity index (χ1) is 9.78. The minimum absolute atomic E-state index is 0.215. The Morgan fingerprint density at radius 3 is 2.95 bits per heavy atom. The molecule has 3 aromatic rings. The smallest absolute Gasteiger partial charge is 0.272 e. The molecular weight excluding hydrogens is 254 g/mol. The molecule has 3 N–H and O–H groups in total. The third-order valence-electron chi connectivity index (χ3n) is 3.53. The van der Waals surface area contributed by atoms with Gasteiger partial charge in [0.15, 0.2) is 0 Å². The van der Waals surface area contributed by atoms with Crippen molar-refractivity contribution in [1.82, 2.24) is 10.2 Å². The van der Waals surface area contributed by atoms with Crippen LogP contribution in [-0.4, -0.2) is 10.2 Å². The standard InChI is InChI=1S/C15H11N3O2/c16-7-8-4-5-11-10(6-8)14-13-9(15(19)18-17-14)2-1-3-12(13)20-11/h1-6H,7,16H2,(H,18,19). The van der Waals surface area contributed by atoms with Gasteiger partial charge in [-0.1, -0.05) is 12.1 Å². The Kier molecular flexibility index (Phi) is 2.19. The Morgan fingerprint density at radius 2 is 2.10 bits per heavy atom. The van der Waals surface area contributed by atoms with Gasteiger partial charge in [-0.2, -0.15) is 5.10 Å². The van der Waals surface area contributed by atoms with Crippen molar-refractivity contribution in [3.63, 3.8) is 0 Å². The highest BCUT2D eigenvalue weighted by Gasteiger charge is 2.22. The summed E-state index contributed by atoms with van der Waals surface area (Å²) in [5.74, 6) is 1.38. The highest BCUT2D eigenvalue weighted by Crippen LogP contribution is 2.44. The van der Waals surface area contributed by atoms with Crippen LogP contribution in [0.25, 0.3) is 22.0 Å². The maximum atomic E-state index is 11.9. The first-order valence-corrected chi connectivity index (χ1v) is 6.30. The number of H-pyrrole nitrogens is 1. The number of fused-ring (bicyclic) bond motifs is 2. The lowest BCUT2D eigenvalue weighted by molar-refractivity contribution is 0.486. The molecule has 0 bridgehead atoms. The summed E-state index contributed by atoms with van der Waals surface area (Å²) in [5.41, 5.74) is 8.04. The van der Waals surface area contributed by atoms with Crippen LogP contribution in [0.3, 0.4) is 0 Å². The zero-order chi connectivity index (χ0) is 13.7. The lowest BCUT2D eigenvalue weighted by Gasteiger charge is -2.20. The molecule has 0 saturated heterocycles. The van der Waals surface area contributed by atoms with E-state index in [0.29, 0.717) is 17.7 Å². The van der Waals surface area contributed by atoms with E-state index in [9.17, 15) is 4.79 Å². The molecule has 2 heterocycles. The Labute approximate surface area is 114 Å². The molecule has 0 radical (unpaired) electrons. The van der Waals surface area contributed by atoms with Crippen molar-refractivity contribution < 1.29 is 4.74 Å². The van der Waals surface area contributed by atoms with Gasteiger partial charge in [0.2, 0.25) is 0 Å². The fraction of sp³-hybridized carbons (Fsp3) is 0.0667. The highest BCUT2D eigenvalue weighted by atomic mass is 16.5. The minimum Gasteiger partial charge on any atom is -0.456 e. The van der Waals surface area contributed by atoms with Crippen molar-refractivity contribution >= 4 is 10.8 Å². The van der Waals surface area contributed by atoms with Crippen molar-refractivity contribution in [2.24, 2.45) is 5.73 Å². The van der Waals surface area contributed by atoms with E-state index in [1.807, 2.05) is 24.3 Å². The molecule has 0 saturated carbocycles. The summed E-state index contributed by atoms with van der Waals surface area (Å²) in [5, 5.41) is 8.06. The van der Waals surface area contributed by atoms with E-state index in [4.69, 9.17) is 10.5 Å². The number of ether oxygens (including phenoxy) is 1. The molecule has 0 spiro atoms. The second-order valence-electron chi connectivity index (χ2n) is 4.72. The third-order valence-corrected chi connectivity index (χ3v) is 3.53. The van der Waals surface area contributed by atoms with Gasteiger partial charge in [-0.3, -0.25) is 4.79 Å². The average Bonchev–Trinajstić information content (AvgIpc) is 2.49. The Morgan fingerprint density at radius 1 is 1.20 bits per heavy atom. The highest BCUT2D eigenvalue weighted by molar-refractivity contribution is 6.01. The van der Waals surface area contributed by atoms with E-state index in [2.05, 4.69) is 10.2 Å². The molecule has 98 valence electrons. The van der Waals surface area contributed by atoms with E-state index >= 15 is 0 Å². The SMILES string of the molecule is NCc1ccc2c(c1)-c1n[nH]c(=O)c3cccc(c13)O2. The molecule has 4 rings (SSSR count). The molecule has 0 amide bonds. The number of aromatic amines is 1. The van der Waals surface area contributed by atoms with Crippen LogP contribution >= 0.6 is 0 Å². The Hall–Kier alpha value is -2.66. The molecule has 0 unspecified atom stereocenters. The summed E-state index contributed by atoms with van der Waals surface area (Å²) in [7, 11) is 0. The van der Waals surface area contributed by atoms with Crippen LogP contribution < -0.4 is 16.0 Å². The van der Waals surface area contributed by atoms with Crippen molar-refractivity contribution in [3.8, 4) is 22.8 Å². The molecule has 1 aliphatic rings. The molecule has 20 heavy (non-hydrogen) atoms. The summed E-state index contributed by atoms with van der Waals surface area (Å²) < 4.78 is 5.87. The quantitative estimate of drug-likeness (QED) is 0.552. The lowest BCUT2D eigenvalue weighted by Crippen LogP contribution is -2.12. The summed E-state index contributed by atoms with van der Waals surface area (Å²) in [6.45, 7) is 0.446. The van der Waals surface area contributed by atoms with E-state index < -0.39 is 0 Å². The van der Waals surface area contributed by atoms with Crippen molar-refractivity contribution in [1.29, 1.82) is 0 Å². The number of nitrogens with zero attached hydrogens (tertiary/aromatic N) is 1. The lowest BCUT2D eigenvalue weighted by atomic mass is 9.99. The molecule has 0 atom stereocenters. The van der Waals surface area contributed by atoms with Gasteiger partial charge in [0.25, 0.3) is 5.56 Å². The number of hydrogen-bond acceptors (Lipinski definition) is 4. The number of benzene rings is 2. The van der Waals surface area contributed by atoms with E-state index in [1.165, 1.54) is 0 Å². The fourth-order valence-corrected chi connectivity index (χ4v) is 2.56. The number of hydrogen-bond donors (Lipinski definition) is 2. The molecule has 1 aromatic heterocycles. The molecule has 5 heteroatoms. The van der Waals surface area contributed by atoms with Crippen molar-refractivity contribution in [3.05, 3.63) is 52.3 Å². The van der Waals surface area contributed by atoms with Crippen molar-refractivity contribution in [2.45, 2.75) is 6.54 Å². The van der Waals surface area contributed by atoms with Gasteiger partial charge in [0.1, 0.15) is 17.2 Å². The van der Waals surface area contributed by atoms with Gasteiger partial charge >= 0.3 is 0 Å². The van der Waals surface area contributed by atoms with Crippen LogP contribution in [0.15, 0.2) is 41.2 Å². The number of nitrogens with one attached hydrogen (secondary N) is 1. The van der Waals surface area contributed by atoms with Crippen LogP contribution in [0.2, 0.25) is 0 Å². The van der Waals surface area contributed by atoms with Crippen molar-refractivity contribution in [2.75, 3.05) is 0 Å². The maximum absolute atomic E-state index is 11.9. The molecule has 0 aliphatic carbocycles. The summed E-state index contributed by atoms with van der Waals surface area (Å²) in [6.07, 6.45) is 0. The average molecular weight is 265 g/mol. The minimum atomic E-state index is -0.215. The Balaban J connectivity index is 2.15. The van der Waals surface area contributed by atoms with E-state index in [0.717, 1.165) is 28.0 Å². The Bertz CT molecular complexity index is 899. The summed E-state index contributed by atoms with van der Waals surface area (Å²) in [6, 6.07) is 11.2. The normalized spacial score (nSPS) is 12.1. The number of rotatable bonds is 1. The number of nitrogens with two attached hydrogens (primary N) is 1. The van der Waals surface area contributed by atoms with Crippen LogP contribution in [0.4, 0.5) is 0 Å². The van der Waals surface area contributed by atoms with Crippen LogP contribution in [0.5, 0.6) is 11.5 Å². The maximum Gasteiger partial charge on any atom is 0.272 e. The predicted molar refractivity (Wildman–Crippen MR) is 75.8 cm³/mol. The van der Waals surface area contributed by atoms with Gasteiger partial charge in [0.05, 0.1) is 10.8 Å². The third kappa shape index (κ3) is 1.41. The van der Waals surface area contributed by atoms with E-state index in [-0.39, 0.29) is 5.56 Å². The van der Waals surface area contributed by atoms with Gasteiger partial charge in [-0.05, 0) is 29.8 Å². The molecule has 2 aromatic carbocycles. The van der Waals surface area contributed by atoms with Crippen LogP contribution in [0.1, 0.15) is 5.56 Å². The van der Waals surface area contributed by atoms with Gasteiger partial charge in [0, 0.05) is 12.1 Å². The van der Waals surface area contributed by atoms with Gasteiger partial charge in [-0.15, -0.1) is 0 Å². The monoisotopic (exact) mass is 265 g/mol. The molecule has 5 nitrogen and oxygen atoms in total. The van der Waals surface area contributed by atoms with Gasteiger partial charge in [-0.25, -0.2) is 5.10 Å². The van der Waals surface area contributed by atoms with Gasteiger partial charge < -0.3 is 10.5 Å². The largest absolute Gasteiger partial charge is 0.456 e. The zero-order valence-electron chi connectivity index (χ0n) is 10.5. The first-order valence-electron chi connectivity index (χ1n) is 6.30. The first kappa shape index (κ1) is 11.2. The predicted octanol–water partition coefficient (Wildman–Crippen LogP) is 2.15. The summed E-state index contributed by atoms with van der Waals surface area (Å²) >= 11 is 0. The summed E-state index contributed by atoms with van der Waals surface area (Å²) in [4.78, 5) is 11.9. The fourth-order valence-electron chi connectivity index (χ4n) is 2.56. The zero-order valence-corrected chi connectivity index (χ0v) is 10.5. The molecule has 0 fully saturated rings. The molecule has 1 aliphatic heterocycles. The van der Waals surface area contributed by atoms with E-state index in [1.54, 1.807) is 12.1 Å². The van der Waals surface area contributed by atoms with Crippen LogP contribution in [-0.2, 0) is 6.54 Å². The topological polar surface area (TPSA) is 81.0 Å². The molecular formula is C15H11N3O2. The number of aromatic nitrogens is 2. The second-order valence-corrected chi connectivity index (χ2v) is 4.72. The second kappa shape index (κ2) is 3.91.